The maximum absolute atomic E-state index is 9.13. The van der Waals surface area contributed by atoms with Crippen LogP contribution in [0.1, 0.15) is 0 Å². The van der Waals surface area contributed by atoms with Crippen LogP contribution in [0.3, 0.4) is 0 Å². The van der Waals surface area contributed by atoms with Gasteiger partial charge in [0, 0.05) is 18.2 Å². The van der Waals surface area contributed by atoms with Crippen molar-refractivity contribution in [1.82, 2.24) is 0 Å². The van der Waals surface area contributed by atoms with Crippen molar-refractivity contribution >= 4 is 0 Å². The van der Waals surface area contributed by atoms with Gasteiger partial charge in [0.1, 0.15) is 30.0 Å². The Bertz CT molecular complexity index is 304. The van der Waals surface area contributed by atoms with Gasteiger partial charge in [0.25, 0.3) is 0 Å². The van der Waals surface area contributed by atoms with Crippen molar-refractivity contribution in [2.75, 3.05) is 27.4 Å². The van der Waals surface area contributed by atoms with E-state index in [-0.39, 0.29) is 13.2 Å². The van der Waals surface area contributed by atoms with Crippen LogP contribution < -0.4 is 14.2 Å². The summed E-state index contributed by atoms with van der Waals surface area (Å²) in [7, 11) is 3.09. The number of ether oxygens (including phenoxy) is 3. The molecule has 1 atom stereocenters. The largest absolute Gasteiger partial charge is 0.496 e. The molecular weight excluding hydrogens is 212 g/mol. The van der Waals surface area contributed by atoms with Crippen LogP contribution in [0, 0.1) is 0 Å². The lowest BCUT2D eigenvalue weighted by Gasteiger charge is -2.12. The second-order valence-corrected chi connectivity index (χ2v) is 3.20. The van der Waals surface area contributed by atoms with Crippen LogP contribution in [-0.2, 0) is 0 Å². The van der Waals surface area contributed by atoms with E-state index in [9.17, 15) is 0 Å². The van der Waals surface area contributed by atoms with Crippen molar-refractivity contribution in [2.24, 2.45) is 0 Å². The first-order chi connectivity index (χ1) is 7.69. The smallest absolute Gasteiger partial charge is 0.126 e. The third kappa shape index (κ3) is 3.60. The molecule has 0 radical (unpaired) electrons. The van der Waals surface area contributed by atoms with Crippen LogP contribution in [0.5, 0.6) is 17.2 Å². The number of aliphatic hydroxyl groups excluding tert-OH is 2. The van der Waals surface area contributed by atoms with Crippen molar-refractivity contribution in [1.29, 1.82) is 0 Å². The molecule has 0 fully saturated rings. The van der Waals surface area contributed by atoms with Gasteiger partial charge >= 0.3 is 0 Å². The lowest BCUT2D eigenvalue weighted by atomic mass is 10.3. The Morgan fingerprint density at radius 3 is 2.00 bits per heavy atom. The van der Waals surface area contributed by atoms with Crippen LogP contribution in [0.25, 0.3) is 0 Å². The summed E-state index contributed by atoms with van der Waals surface area (Å²) in [5, 5.41) is 17.8. The van der Waals surface area contributed by atoms with Crippen LogP contribution in [0.4, 0.5) is 0 Å². The molecule has 1 rings (SSSR count). The van der Waals surface area contributed by atoms with E-state index in [1.165, 1.54) is 0 Å². The van der Waals surface area contributed by atoms with E-state index in [1.54, 1.807) is 32.4 Å². The Kier molecular flexibility index (Phi) is 4.88. The first-order valence-electron chi connectivity index (χ1n) is 4.84. The maximum atomic E-state index is 9.13. The lowest BCUT2D eigenvalue weighted by Crippen LogP contribution is -2.21. The fourth-order valence-corrected chi connectivity index (χ4v) is 1.11. The Balaban J connectivity index is 2.71. The SMILES string of the molecule is COc1cc(OC)cc(OCC(O)CO)c1. The van der Waals surface area contributed by atoms with E-state index >= 15 is 0 Å². The highest BCUT2D eigenvalue weighted by molar-refractivity contribution is 5.41. The van der Waals surface area contributed by atoms with E-state index in [0.29, 0.717) is 17.2 Å². The maximum Gasteiger partial charge on any atom is 0.126 e. The quantitative estimate of drug-likeness (QED) is 0.739. The van der Waals surface area contributed by atoms with Gasteiger partial charge in [-0.25, -0.2) is 0 Å². The van der Waals surface area contributed by atoms with Gasteiger partial charge in [-0.3, -0.25) is 0 Å². The first kappa shape index (κ1) is 12.6. The van der Waals surface area contributed by atoms with E-state index < -0.39 is 6.10 Å². The summed E-state index contributed by atoms with van der Waals surface area (Å²) in [5.41, 5.74) is 0. The second kappa shape index (κ2) is 6.19. The van der Waals surface area contributed by atoms with Gasteiger partial charge in [-0.1, -0.05) is 0 Å². The highest BCUT2D eigenvalue weighted by Gasteiger charge is 2.06. The molecule has 2 N–H and O–H groups in total. The third-order valence-electron chi connectivity index (χ3n) is 1.98. The van der Waals surface area contributed by atoms with Crippen molar-refractivity contribution in [3.63, 3.8) is 0 Å². The van der Waals surface area contributed by atoms with Gasteiger partial charge in [-0.15, -0.1) is 0 Å². The summed E-state index contributed by atoms with van der Waals surface area (Å²) >= 11 is 0. The number of rotatable bonds is 6. The zero-order valence-electron chi connectivity index (χ0n) is 9.34. The summed E-state index contributed by atoms with van der Waals surface area (Å²) in [6.07, 6.45) is -0.891. The van der Waals surface area contributed by atoms with Gasteiger partial charge in [0.2, 0.25) is 0 Å². The first-order valence-corrected chi connectivity index (χ1v) is 4.84. The number of benzene rings is 1. The molecule has 0 saturated heterocycles. The van der Waals surface area contributed by atoms with Gasteiger partial charge in [0.15, 0.2) is 0 Å². The molecule has 0 aliphatic rings. The molecule has 0 spiro atoms. The van der Waals surface area contributed by atoms with Crippen LogP contribution >= 0.6 is 0 Å². The van der Waals surface area contributed by atoms with E-state index in [2.05, 4.69) is 0 Å². The van der Waals surface area contributed by atoms with Gasteiger partial charge in [0.05, 0.1) is 20.8 Å². The van der Waals surface area contributed by atoms with Crippen molar-refractivity contribution in [2.45, 2.75) is 6.10 Å². The minimum absolute atomic E-state index is 0.0207. The topological polar surface area (TPSA) is 68.2 Å². The average Bonchev–Trinajstić information content (AvgIpc) is 2.35. The molecule has 0 heterocycles. The van der Waals surface area contributed by atoms with Crippen molar-refractivity contribution < 1.29 is 24.4 Å². The molecule has 0 bridgehead atoms. The summed E-state index contributed by atoms with van der Waals surface area (Å²) in [6, 6.07) is 5.06. The number of hydrogen-bond acceptors (Lipinski definition) is 5. The molecular formula is C11H16O5. The molecule has 0 aliphatic heterocycles. The molecule has 0 saturated carbocycles. The standard InChI is InChI=1S/C11H16O5/c1-14-9-3-10(15-2)5-11(4-9)16-7-8(13)6-12/h3-5,8,12-13H,6-7H2,1-2H3. The van der Waals surface area contributed by atoms with Crippen LogP contribution in [0.2, 0.25) is 0 Å². The molecule has 16 heavy (non-hydrogen) atoms. The van der Waals surface area contributed by atoms with E-state index in [4.69, 9.17) is 24.4 Å². The summed E-state index contributed by atoms with van der Waals surface area (Å²) in [4.78, 5) is 0. The Labute approximate surface area is 94.2 Å². The second-order valence-electron chi connectivity index (χ2n) is 3.20. The molecule has 90 valence electrons. The minimum atomic E-state index is -0.891. The molecule has 0 amide bonds. The molecule has 1 unspecified atom stereocenters. The third-order valence-corrected chi connectivity index (χ3v) is 1.98. The Morgan fingerprint density at radius 2 is 1.56 bits per heavy atom. The molecule has 0 aliphatic carbocycles. The number of aliphatic hydroxyl groups is 2. The molecule has 1 aromatic rings. The average molecular weight is 228 g/mol. The Hall–Kier alpha value is -1.46. The van der Waals surface area contributed by atoms with Crippen molar-refractivity contribution in [3.8, 4) is 17.2 Å². The van der Waals surface area contributed by atoms with Crippen LogP contribution in [-0.4, -0.2) is 43.8 Å². The zero-order chi connectivity index (χ0) is 12.0. The number of hydrogen-bond donors (Lipinski definition) is 2. The summed E-state index contributed by atoms with van der Waals surface area (Å²) in [6.45, 7) is -0.312. The van der Waals surface area contributed by atoms with Gasteiger partial charge in [-0.05, 0) is 0 Å². The summed E-state index contributed by atoms with van der Waals surface area (Å²) in [5.74, 6) is 1.73. The summed E-state index contributed by atoms with van der Waals surface area (Å²) < 4.78 is 15.4. The fraction of sp³-hybridized carbons (Fsp3) is 0.455. The molecule has 5 nitrogen and oxygen atoms in total. The molecule has 1 aromatic carbocycles. The predicted octanol–water partition coefficient (Wildman–Crippen LogP) is 0.436. The van der Waals surface area contributed by atoms with Crippen LogP contribution in [0.15, 0.2) is 18.2 Å². The highest BCUT2D eigenvalue weighted by Crippen LogP contribution is 2.27. The lowest BCUT2D eigenvalue weighted by molar-refractivity contribution is 0.0534. The zero-order valence-corrected chi connectivity index (χ0v) is 9.34. The normalized spacial score (nSPS) is 12.0. The van der Waals surface area contributed by atoms with E-state index in [1.807, 2.05) is 0 Å². The minimum Gasteiger partial charge on any atom is -0.496 e. The van der Waals surface area contributed by atoms with E-state index in [0.717, 1.165) is 0 Å². The Morgan fingerprint density at radius 1 is 1.06 bits per heavy atom. The van der Waals surface area contributed by atoms with Gasteiger partial charge < -0.3 is 24.4 Å². The molecule has 0 aromatic heterocycles. The monoisotopic (exact) mass is 228 g/mol. The van der Waals surface area contributed by atoms with Gasteiger partial charge in [-0.2, -0.15) is 0 Å². The highest BCUT2D eigenvalue weighted by atomic mass is 16.5. The predicted molar refractivity (Wildman–Crippen MR) is 58.1 cm³/mol. The fourth-order valence-electron chi connectivity index (χ4n) is 1.11. The number of methoxy groups -OCH3 is 2. The molecule has 5 heteroatoms. The van der Waals surface area contributed by atoms with Crippen molar-refractivity contribution in [3.05, 3.63) is 18.2 Å².